The summed E-state index contributed by atoms with van der Waals surface area (Å²) in [7, 11) is 3.99. The molecule has 2 aromatic rings. The van der Waals surface area contributed by atoms with Crippen LogP contribution in [0.15, 0.2) is 42.5 Å². The quantitative estimate of drug-likeness (QED) is 0.827. The summed E-state index contributed by atoms with van der Waals surface area (Å²) >= 11 is 0. The van der Waals surface area contributed by atoms with Gasteiger partial charge in [0.05, 0.1) is 6.54 Å². The summed E-state index contributed by atoms with van der Waals surface area (Å²) < 4.78 is 0. The van der Waals surface area contributed by atoms with Gasteiger partial charge in [0.15, 0.2) is 0 Å². The number of nitrogens with zero attached hydrogens (tertiary/aromatic N) is 2. The Morgan fingerprint density at radius 2 is 1.88 bits per heavy atom. The summed E-state index contributed by atoms with van der Waals surface area (Å²) in [6.07, 6.45) is 0.847. The molecule has 0 heterocycles. The number of para-hydroxylation sites is 1. The van der Waals surface area contributed by atoms with Gasteiger partial charge in [-0.3, -0.25) is 0 Å². The smallest absolute Gasteiger partial charge is 0.322 e. The monoisotopic (exact) mass is 341 g/mol. The maximum atomic E-state index is 12.7. The first kappa shape index (κ1) is 18.6. The third kappa shape index (κ3) is 4.89. The summed E-state index contributed by atoms with van der Waals surface area (Å²) in [5.74, 6) is 0.211. The van der Waals surface area contributed by atoms with E-state index in [1.165, 1.54) is 0 Å². The summed E-state index contributed by atoms with van der Waals surface area (Å²) in [6, 6.07) is 12.8. The van der Waals surface area contributed by atoms with E-state index in [1.54, 1.807) is 17.0 Å². The van der Waals surface area contributed by atoms with Gasteiger partial charge in [-0.05, 0) is 43.2 Å². The van der Waals surface area contributed by atoms with Crippen LogP contribution in [0.1, 0.15) is 24.5 Å². The van der Waals surface area contributed by atoms with E-state index in [1.807, 2.05) is 63.2 Å². The first-order valence-corrected chi connectivity index (χ1v) is 8.53. The van der Waals surface area contributed by atoms with Gasteiger partial charge in [0.2, 0.25) is 0 Å². The van der Waals surface area contributed by atoms with Crippen molar-refractivity contribution in [3.63, 3.8) is 0 Å². The van der Waals surface area contributed by atoms with E-state index in [9.17, 15) is 9.90 Å². The molecular formula is C20H27N3O2. The standard InChI is InChI=1S/C20H27N3O2/c1-5-12-23(14-16-8-6-7-9-19(16)24)20(25)21-17-10-11-18(22(3)4)15(2)13-17/h6-11,13,24H,5,12,14H2,1-4H3,(H,21,25). The van der Waals surface area contributed by atoms with Gasteiger partial charge in [0.1, 0.15) is 5.75 Å². The molecule has 0 saturated carbocycles. The molecule has 134 valence electrons. The van der Waals surface area contributed by atoms with Gasteiger partial charge < -0.3 is 20.2 Å². The average molecular weight is 341 g/mol. The van der Waals surface area contributed by atoms with Gasteiger partial charge in [-0.15, -0.1) is 0 Å². The van der Waals surface area contributed by atoms with E-state index < -0.39 is 0 Å². The number of rotatable bonds is 6. The van der Waals surface area contributed by atoms with Crippen molar-refractivity contribution in [3.05, 3.63) is 53.6 Å². The second-order valence-electron chi connectivity index (χ2n) is 6.38. The molecule has 2 N–H and O–H groups in total. The number of carbonyl (C=O) groups excluding carboxylic acids is 1. The zero-order chi connectivity index (χ0) is 18.4. The van der Waals surface area contributed by atoms with Crippen LogP contribution < -0.4 is 10.2 Å². The zero-order valence-electron chi connectivity index (χ0n) is 15.4. The molecule has 2 rings (SSSR count). The minimum Gasteiger partial charge on any atom is -0.508 e. The van der Waals surface area contributed by atoms with Crippen LogP contribution in [0, 0.1) is 6.92 Å². The number of urea groups is 1. The number of hydrogen-bond acceptors (Lipinski definition) is 3. The average Bonchev–Trinajstić information content (AvgIpc) is 2.56. The fourth-order valence-electron chi connectivity index (χ4n) is 2.81. The molecule has 0 aliphatic carbocycles. The molecule has 0 atom stereocenters. The molecule has 5 heteroatoms. The molecule has 0 fully saturated rings. The van der Waals surface area contributed by atoms with Crippen LogP contribution in [-0.2, 0) is 6.54 Å². The molecule has 0 bridgehead atoms. The maximum absolute atomic E-state index is 12.7. The third-order valence-electron chi connectivity index (χ3n) is 4.06. The third-order valence-corrected chi connectivity index (χ3v) is 4.06. The summed E-state index contributed by atoms with van der Waals surface area (Å²) in [4.78, 5) is 16.4. The first-order chi connectivity index (χ1) is 11.9. The topological polar surface area (TPSA) is 55.8 Å². The number of benzene rings is 2. The number of phenolic OH excluding ortho intramolecular Hbond substituents is 1. The lowest BCUT2D eigenvalue weighted by atomic mass is 10.1. The Kier molecular flexibility index (Phi) is 6.28. The van der Waals surface area contributed by atoms with Crippen LogP contribution in [0.4, 0.5) is 16.2 Å². The molecule has 0 radical (unpaired) electrons. The van der Waals surface area contributed by atoms with Gasteiger partial charge in [0.25, 0.3) is 0 Å². The highest BCUT2D eigenvalue weighted by Gasteiger charge is 2.15. The van der Waals surface area contributed by atoms with Crippen LogP contribution >= 0.6 is 0 Å². The number of anilines is 2. The fourth-order valence-corrected chi connectivity index (χ4v) is 2.81. The van der Waals surface area contributed by atoms with Crippen molar-refractivity contribution in [3.8, 4) is 5.75 Å². The molecule has 0 aliphatic heterocycles. The predicted molar refractivity (Wildman–Crippen MR) is 103 cm³/mol. The SMILES string of the molecule is CCCN(Cc1ccccc1O)C(=O)Nc1ccc(N(C)C)c(C)c1. The first-order valence-electron chi connectivity index (χ1n) is 8.53. The van der Waals surface area contributed by atoms with E-state index in [4.69, 9.17) is 0 Å². The Morgan fingerprint density at radius 3 is 2.48 bits per heavy atom. The summed E-state index contributed by atoms with van der Waals surface area (Å²) in [6.45, 7) is 5.05. The highest BCUT2D eigenvalue weighted by atomic mass is 16.3. The molecule has 5 nitrogen and oxygen atoms in total. The lowest BCUT2D eigenvalue weighted by molar-refractivity contribution is 0.208. The summed E-state index contributed by atoms with van der Waals surface area (Å²) in [5, 5.41) is 12.9. The molecule has 0 saturated heterocycles. The number of phenols is 1. The summed E-state index contributed by atoms with van der Waals surface area (Å²) in [5.41, 5.74) is 3.74. The Balaban J connectivity index is 2.12. The number of amides is 2. The number of aryl methyl sites for hydroxylation is 1. The van der Waals surface area contributed by atoms with Gasteiger partial charge in [0, 0.05) is 37.6 Å². The fraction of sp³-hybridized carbons (Fsp3) is 0.350. The molecular weight excluding hydrogens is 314 g/mol. The van der Waals surface area contributed by atoms with Crippen LogP contribution in [0.2, 0.25) is 0 Å². The minimum atomic E-state index is -0.165. The van der Waals surface area contributed by atoms with Crippen molar-refractivity contribution in [2.24, 2.45) is 0 Å². The van der Waals surface area contributed by atoms with Crippen LogP contribution in [0.5, 0.6) is 5.75 Å². The predicted octanol–water partition coefficient (Wildman–Crippen LogP) is 4.21. The molecule has 0 unspecified atom stereocenters. The molecule has 0 spiro atoms. The molecule has 25 heavy (non-hydrogen) atoms. The van der Waals surface area contributed by atoms with Crippen LogP contribution in [0.25, 0.3) is 0 Å². The molecule has 0 aromatic heterocycles. The van der Waals surface area contributed by atoms with Crippen molar-refractivity contribution in [2.75, 3.05) is 30.9 Å². The van der Waals surface area contributed by atoms with E-state index in [0.29, 0.717) is 13.1 Å². The van der Waals surface area contributed by atoms with Crippen LogP contribution in [0.3, 0.4) is 0 Å². The van der Waals surface area contributed by atoms with E-state index >= 15 is 0 Å². The largest absolute Gasteiger partial charge is 0.508 e. The highest BCUT2D eigenvalue weighted by molar-refractivity contribution is 5.89. The number of nitrogens with one attached hydrogen (secondary N) is 1. The van der Waals surface area contributed by atoms with Gasteiger partial charge >= 0.3 is 6.03 Å². The normalized spacial score (nSPS) is 10.4. The molecule has 0 aliphatic rings. The van der Waals surface area contributed by atoms with Crippen molar-refractivity contribution in [2.45, 2.75) is 26.8 Å². The molecule has 2 aromatic carbocycles. The Morgan fingerprint density at radius 1 is 1.16 bits per heavy atom. The van der Waals surface area contributed by atoms with Crippen molar-refractivity contribution < 1.29 is 9.90 Å². The Hall–Kier alpha value is -2.69. The Labute approximate surface area is 149 Å². The highest BCUT2D eigenvalue weighted by Crippen LogP contribution is 2.23. The van der Waals surface area contributed by atoms with Crippen LogP contribution in [-0.4, -0.2) is 36.7 Å². The molecule has 2 amide bonds. The Bertz CT molecular complexity index is 729. The van der Waals surface area contributed by atoms with Gasteiger partial charge in [-0.2, -0.15) is 0 Å². The maximum Gasteiger partial charge on any atom is 0.322 e. The number of hydrogen-bond donors (Lipinski definition) is 2. The van der Waals surface area contributed by atoms with Crippen molar-refractivity contribution >= 4 is 17.4 Å². The number of aromatic hydroxyl groups is 1. The zero-order valence-corrected chi connectivity index (χ0v) is 15.4. The lowest BCUT2D eigenvalue weighted by Crippen LogP contribution is -2.35. The number of carbonyl (C=O) groups is 1. The lowest BCUT2D eigenvalue weighted by Gasteiger charge is -2.23. The van der Waals surface area contributed by atoms with Crippen molar-refractivity contribution in [1.82, 2.24) is 4.90 Å². The minimum absolute atomic E-state index is 0.165. The van der Waals surface area contributed by atoms with Crippen molar-refractivity contribution in [1.29, 1.82) is 0 Å². The second kappa shape index (κ2) is 8.42. The van der Waals surface area contributed by atoms with E-state index in [0.717, 1.165) is 28.9 Å². The van der Waals surface area contributed by atoms with Gasteiger partial charge in [-0.25, -0.2) is 4.79 Å². The van der Waals surface area contributed by atoms with E-state index in [-0.39, 0.29) is 11.8 Å². The van der Waals surface area contributed by atoms with Gasteiger partial charge in [-0.1, -0.05) is 25.1 Å². The second-order valence-corrected chi connectivity index (χ2v) is 6.38. The van der Waals surface area contributed by atoms with E-state index in [2.05, 4.69) is 5.32 Å².